The van der Waals surface area contributed by atoms with Crippen molar-refractivity contribution < 1.29 is 28.2 Å². The van der Waals surface area contributed by atoms with Gasteiger partial charge in [0.15, 0.2) is 0 Å². The maximum atomic E-state index is 10.8. The Bertz CT molecular complexity index is 323. The molecule has 9 heteroatoms. The predicted molar refractivity (Wildman–Crippen MR) is 44.8 cm³/mol. The standard InChI is InChI=1S/C5H10N2O6S/c1-6-14(12,13)7-3(5(10)11)2-4(8)9/h3,6-7H,2H2,1H3,(H,8,9)(H,10,11)/t3-/m1/s1. The van der Waals surface area contributed by atoms with E-state index in [1.54, 1.807) is 9.44 Å². The third-order valence-electron chi connectivity index (χ3n) is 1.24. The Kier molecular flexibility index (Phi) is 4.47. The lowest BCUT2D eigenvalue weighted by molar-refractivity contribution is -0.145. The third kappa shape index (κ3) is 4.74. The molecule has 0 aromatic heterocycles. The SMILES string of the molecule is CNS(=O)(=O)N[C@H](CC(=O)O)C(=O)O. The van der Waals surface area contributed by atoms with E-state index in [4.69, 9.17) is 10.2 Å². The second-order valence-corrected chi connectivity index (χ2v) is 3.96. The zero-order chi connectivity index (χ0) is 11.4. The van der Waals surface area contributed by atoms with Crippen LogP contribution in [0.15, 0.2) is 0 Å². The molecule has 0 saturated carbocycles. The molecule has 0 unspecified atom stereocenters. The molecule has 0 aliphatic carbocycles. The number of carboxylic acids is 2. The Morgan fingerprint density at radius 3 is 2.14 bits per heavy atom. The van der Waals surface area contributed by atoms with E-state index in [1.165, 1.54) is 0 Å². The van der Waals surface area contributed by atoms with Crippen LogP contribution in [0.1, 0.15) is 6.42 Å². The van der Waals surface area contributed by atoms with Gasteiger partial charge in [0.1, 0.15) is 6.04 Å². The fourth-order valence-corrected chi connectivity index (χ4v) is 1.28. The van der Waals surface area contributed by atoms with Gasteiger partial charge in [-0.1, -0.05) is 0 Å². The molecule has 0 aliphatic rings. The topological polar surface area (TPSA) is 133 Å². The average Bonchev–Trinajstić information content (AvgIpc) is 2.02. The minimum absolute atomic E-state index is 0.823. The van der Waals surface area contributed by atoms with Gasteiger partial charge in [-0.3, -0.25) is 9.59 Å². The van der Waals surface area contributed by atoms with Crippen LogP contribution in [-0.4, -0.2) is 43.7 Å². The molecule has 0 heterocycles. The van der Waals surface area contributed by atoms with Crippen LogP contribution in [0.5, 0.6) is 0 Å². The van der Waals surface area contributed by atoms with Gasteiger partial charge in [0.2, 0.25) is 0 Å². The van der Waals surface area contributed by atoms with Gasteiger partial charge in [0, 0.05) is 7.05 Å². The Hall–Kier alpha value is -1.19. The Balaban J connectivity index is 4.54. The molecule has 0 rings (SSSR count). The van der Waals surface area contributed by atoms with Gasteiger partial charge in [0.05, 0.1) is 6.42 Å². The molecule has 1 atom stereocenters. The first-order valence-electron chi connectivity index (χ1n) is 3.44. The minimum Gasteiger partial charge on any atom is -0.481 e. The van der Waals surface area contributed by atoms with E-state index >= 15 is 0 Å². The highest BCUT2D eigenvalue weighted by atomic mass is 32.2. The summed E-state index contributed by atoms with van der Waals surface area (Å²) in [6, 6.07) is -1.68. The highest BCUT2D eigenvalue weighted by Crippen LogP contribution is 1.94. The van der Waals surface area contributed by atoms with Crippen LogP contribution in [0.3, 0.4) is 0 Å². The smallest absolute Gasteiger partial charge is 0.322 e. The van der Waals surface area contributed by atoms with E-state index in [0.717, 1.165) is 7.05 Å². The molecule has 0 aliphatic heterocycles. The molecule has 0 amide bonds. The Morgan fingerprint density at radius 1 is 1.36 bits per heavy atom. The Labute approximate surface area is 80.1 Å². The number of carbonyl (C=O) groups is 2. The van der Waals surface area contributed by atoms with E-state index in [0.29, 0.717) is 0 Å². The Morgan fingerprint density at radius 2 is 1.86 bits per heavy atom. The molecule has 0 aromatic rings. The molecular formula is C5H10N2O6S. The molecule has 8 nitrogen and oxygen atoms in total. The van der Waals surface area contributed by atoms with Gasteiger partial charge in [-0.05, 0) is 0 Å². The quantitative estimate of drug-likeness (QED) is 0.412. The second-order valence-electron chi connectivity index (χ2n) is 2.31. The fourth-order valence-electron chi connectivity index (χ4n) is 0.600. The molecule has 0 fully saturated rings. The largest absolute Gasteiger partial charge is 0.481 e. The molecule has 0 bridgehead atoms. The van der Waals surface area contributed by atoms with E-state index in [2.05, 4.69) is 0 Å². The molecule has 14 heavy (non-hydrogen) atoms. The number of hydrogen-bond acceptors (Lipinski definition) is 4. The first-order chi connectivity index (χ1) is 6.28. The summed E-state index contributed by atoms with van der Waals surface area (Å²) in [7, 11) is -2.88. The number of carboxylic acid groups (broad SMARTS) is 2. The van der Waals surface area contributed by atoms with Crippen molar-refractivity contribution >= 4 is 22.1 Å². The van der Waals surface area contributed by atoms with Crippen molar-refractivity contribution in [3.8, 4) is 0 Å². The first kappa shape index (κ1) is 12.8. The number of rotatable bonds is 6. The summed E-state index contributed by atoms with van der Waals surface area (Å²) in [6.07, 6.45) is -0.823. The van der Waals surface area contributed by atoms with Crippen LogP contribution in [0.4, 0.5) is 0 Å². The van der Waals surface area contributed by atoms with Gasteiger partial charge in [-0.2, -0.15) is 13.1 Å². The van der Waals surface area contributed by atoms with Crippen LogP contribution in [0.2, 0.25) is 0 Å². The molecule has 4 N–H and O–H groups in total. The predicted octanol–water partition coefficient (Wildman–Crippen LogP) is -2.03. The van der Waals surface area contributed by atoms with Crippen LogP contribution < -0.4 is 9.44 Å². The second kappa shape index (κ2) is 4.88. The van der Waals surface area contributed by atoms with Crippen molar-refractivity contribution in [3.05, 3.63) is 0 Å². The molecule has 0 saturated heterocycles. The molecule has 0 spiro atoms. The zero-order valence-corrected chi connectivity index (χ0v) is 8.04. The highest BCUT2D eigenvalue weighted by molar-refractivity contribution is 7.87. The molecule has 0 aromatic carbocycles. The van der Waals surface area contributed by atoms with Gasteiger partial charge in [-0.15, -0.1) is 0 Å². The summed E-state index contributed by atoms with van der Waals surface area (Å²) in [4.78, 5) is 20.6. The fraction of sp³-hybridized carbons (Fsp3) is 0.600. The first-order valence-corrected chi connectivity index (χ1v) is 4.92. The van der Waals surface area contributed by atoms with E-state index in [9.17, 15) is 18.0 Å². The molecular weight excluding hydrogens is 216 g/mol. The van der Waals surface area contributed by atoms with Crippen molar-refractivity contribution in [2.24, 2.45) is 0 Å². The van der Waals surface area contributed by atoms with E-state index in [-0.39, 0.29) is 0 Å². The minimum atomic E-state index is -3.95. The summed E-state index contributed by atoms with van der Waals surface area (Å²) in [6.45, 7) is 0. The summed E-state index contributed by atoms with van der Waals surface area (Å²) < 4.78 is 25.1. The van der Waals surface area contributed by atoms with Crippen LogP contribution >= 0.6 is 0 Å². The van der Waals surface area contributed by atoms with E-state index in [1.807, 2.05) is 0 Å². The lowest BCUT2D eigenvalue weighted by atomic mass is 10.2. The lowest BCUT2D eigenvalue weighted by Crippen LogP contribution is -2.46. The van der Waals surface area contributed by atoms with Gasteiger partial charge < -0.3 is 10.2 Å². The zero-order valence-electron chi connectivity index (χ0n) is 7.22. The summed E-state index contributed by atoms with van der Waals surface area (Å²) >= 11 is 0. The summed E-state index contributed by atoms with van der Waals surface area (Å²) in [5.41, 5.74) is 0. The number of aliphatic carboxylic acids is 2. The van der Waals surface area contributed by atoms with Crippen LogP contribution in [0.25, 0.3) is 0 Å². The monoisotopic (exact) mass is 226 g/mol. The normalized spacial score (nSPS) is 13.5. The number of hydrogen-bond donors (Lipinski definition) is 4. The van der Waals surface area contributed by atoms with E-state index < -0.39 is 34.6 Å². The summed E-state index contributed by atoms with van der Waals surface area (Å²) in [5, 5.41) is 16.7. The summed E-state index contributed by atoms with van der Waals surface area (Å²) in [5.74, 6) is -2.96. The van der Waals surface area contributed by atoms with Crippen molar-refractivity contribution in [1.29, 1.82) is 0 Å². The van der Waals surface area contributed by atoms with Crippen molar-refractivity contribution in [3.63, 3.8) is 0 Å². The highest BCUT2D eigenvalue weighted by Gasteiger charge is 2.25. The van der Waals surface area contributed by atoms with Crippen LogP contribution in [-0.2, 0) is 19.8 Å². The third-order valence-corrected chi connectivity index (χ3v) is 2.38. The van der Waals surface area contributed by atoms with Crippen molar-refractivity contribution in [2.75, 3.05) is 7.05 Å². The molecule has 82 valence electrons. The molecule has 0 radical (unpaired) electrons. The average molecular weight is 226 g/mol. The van der Waals surface area contributed by atoms with Crippen molar-refractivity contribution in [1.82, 2.24) is 9.44 Å². The van der Waals surface area contributed by atoms with Gasteiger partial charge in [-0.25, -0.2) is 4.72 Å². The lowest BCUT2D eigenvalue weighted by Gasteiger charge is -2.11. The van der Waals surface area contributed by atoms with Gasteiger partial charge in [0.25, 0.3) is 10.2 Å². The number of nitrogens with one attached hydrogen (secondary N) is 2. The van der Waals surface area contributed by atoms with Crippen LogP contribution in [0, 0.1) is 0 Å². The van der Waals surface area contributed by atoms with Crippen molar-refractivity contribution in [2.45, 2.75) is 12.5 Å². The maximum absolute atomic E-state index is 10.8. The maximum Gasteiger partial charge on any atom is 0.322 e. The van der Waals surface area contributed by atoms with Gasteiger partial charge >= 0.3 is 11.9 Å².